The van der Waals surface area contributed by atoms with Crippen LogP contribution >= 0.6 is 0 Å². The lowest BCUT2D eigenvalue weighted by atomic mass is 9.90. The van der Waals surface area contributed by atoms with Gasteiger partial charge in [-0.1, -0.05) is 91.0 Å². The van der Waals surface area contributed by atoms with Crippen molar-refractivity contribution in [2.24, 2.45) is 0 Å². The molecule has 0 unspecified atom stereocenters. The van der Waals surface area contributed by atoms with E-state index in [2.05, 4.69) is 12.1 Å². The van der Waals surface area contributed by atoms with Gasteiger partial charge in [0.05, 0.1) is 6.61 Å². The Labute approximate surface area is 161 Å². The first-order chi connectivity index (χ1) is 13.3. The molecular weight excluding hydrogens is 332 g/mol. The summed E-state index contributed by atoms with van der Waals surface area (Å²) in [7, 11) is 0. The molecule has 3 aromatic rings. The zero-order valence-corrected chi connectivity index (χ0v) is 15.6. The van der Waals surface area contributed by atoms with Gasteiger partial charge in [-0.25, -0.2) is 4.79 Å². The highest BCUT2D eigenvalue weighted by Gasteiger charge is 2.19. The number of rotatable bonds is 7. The van der Waals surface area contributed by atoms with E-state index in [0.29, 0.717) is 13.0 Å². The minimum atomic E-state index is -0.240. The summed E-state index contributed by atoms with van der Waals surface area (Å²) in [4.78, 5) is 12.9. The molecule has 0 spiro atoms. The van der Waals surface area contributed by atoms with Gasteiger partial charge < -0.3 is 4.74 Å². The third-order valence-electron chi connectivity index (χ3n) is 4.46. The largest absolute Gasteiger partial charge is 0.463 e. The molecule has 0 N–H and O–H groups in total. The normalized spacial score (nSPS) is 10.3. The van der Waals surface area contributed by atoms with Crippen LogP contribution in [0.25, 0.3) is 5.57 Å². The van der Waals surface area contributed by atoms with Crippen LogP contribution in [0.4, 0.5) is 0 Å². The zero-order chi connectivity index (χ0) is 18.9. The van der Waals surface area contributed by atoms with Gasteiger partial charge in [0.25, 0.3) is 0 Å². The molecule has 0 aliphatic carbocycles. The number of carbonyl (C=O) groups excluding carboxylic acids is 1. The number of hydrogen-bond acceptors (Lipinski definition) is 2. The minimum Gasteiger partial charge on any atom is -0.463 e. The quantitative estimate of drug-likeness (QED) is 0.402. The van der Waals surface area contributed by atoms with Gasteiger partial charge in [-0.2, -0.15) is 0 Å². The standard InChI is InChI=1S/C25H24O2/c1-2-27-25(26)23(19-18-20-12-6-3-7-13-20)24(21-14-8-4-9-15-21)22-16-10-5-11-17-22/h3-17H,2,18-19H2,1H3. The molecule has 27 heavy (non-hydrogen) atoms. The first-order valence-electron chi connectivity index (χ1n) is 9.34. The van der Waals surface area contributed by atoms with Crippen LogP contribution in [0.15, 0.2) is 96.6 Å². The smallest absolute Gasteiger partial charge is 0.334 e. The average molecular weight is 356 g/mol. The summed E-state index contributed by atoms with van der Waals surface area (Å²) >= 11 is 0. The number of esters is 1. The predicted molar refractivity (Wildman–Crippen MR) is 110 cm³/mol. The highest BCUT2D eigenvalue weighted by atomic mass is 16.5. The molecule has 0 heterocycles. The summed E-state index contributed by atoms with van der Waals surface area (Å²) in [5.41, 5.74) is 4.93. The molecule has 2 heteroatoms. The molecule has 0 saturated heterocycles. The van der Waals surface area contributed by atoms with Crippen molar-refractivity contribution in [3.8, 4) is 0 Å². The Morgan fingerprint density at radius 1 is 0.741 bits per heavy atom. The van der Waals surface area contributed by atoms with Gasteiger partial charge in [-0.3, -0.25) is 0 Å². The van der Waals surface area contributed by atoms with Crippen LogP contribution in [0.2, 0.25) is 0 Å². The van der Waals surface area contributed by atoms with Crippen molar-refractivity contribution in [1.82, 2.24) is 0 Å². The van der Waals surface area contributed by atoms with E-state index in [0.717, 1.165) is 28.7 Å². The van der Waals surface area contributed by atoms with E-state index < -0.39 is 0 Å². The van der Waals surface area contributed by atoms with Crippen molar-refractivity contribution in [1.29, 1.82) is 0 Å². The number of hydrogen-bond donors (Lipinski definition) is 0. The third-order valence-corrected chi connectivity index (χ3v) is 4.46. The first-order valence-corrected chi connectivity index (χ1v) is 9.34. The fourth-order valence-corrected chi connectivity index (χ4v) is 3.19. The Morgan fingerprint density at radius 3 is 1.70 bits per heavy atom. The van der Waals surface area contributed by atoms with E-state index >= 15 is 0 Å². The number of carbonyl (C=O) groups is 1. The van der Waals surface area contributed by atoms with Gasteiger partial charge in [0, 0.05) is 5.57 Å². The fraction of sp³-hybridized carbons (Fsp3) is 0.160. The molecule has 0 bridgehead atoms. The van der Waals surface area contributed by atoms with Crippen LogP contribution in [0.5, 0.6) is 0 Å². The molecule has 136 valence electrons. The highest BCUT2D eigenvalue weighted by molar-refractivity contribution is 6.01. The first kappa shape index (κ1) is 18.7. The van der Waals surface area contributed by atoms with E-state index in [1.54, 1.807) is 0 Å². The van der Waals surface area contributed by atoms with Crippen LogP contribution in [-0.4, -0.2) is 12.6 Å². The Bertz CT molecular complexity index is 840. The lowest BCUT2D eigenvalue weighted by molar-refractivity contribution is -0.138. The maximum Gasteiger partial charge on any atom is 0.334 e. The van der Waals surface area contributed by atoms with Crippen LogP contribution in [-0.2, 0) is 16.0 Å². The minimum absolute atomic E-state index is 0.240. The van der Waals surface area contributed by atoms with E-state index in [1.165, 1.54) is 5.56 Å². The molecule has 0 radical (unpaired) electrons. The molecule has 0 aromatic heterocycles. The highest BCUT2D eigenvalue weighted by Crippen LogP contribution is 2.30. The van der Waals surface area contributed by atoms with E-state index in [-0.39, 0.29) is 5.97 Å². The molecule has 0 aliphatic rings. The van der Waals surface area contributed by atoms with Crippen molar-refractivity contribution in [2.75, 3.05) is 6.61 Å². The summed E-state index contributed by atoms with van der Waals surface area (Å²) in [6.07, 6.45) is 1.42. The Hall–Kier alpha value is -3.13. The molecule has 0 aliphatic heterocycles. The fourth-order valence-electron chi connectivity index (χ4n) is 3.19. The maximum atomic E-state index is 12.9. The second-order valence-electron chi connectivity index (χ2n) is 6.29. The maximum absolute atomic E-state index is 12.9. The molecule has 2 nitrogen and oxygen atoms in total. The van der Waals surface area contributed by atoms with E-state index in [4.69, 9.17) is 4.74 Å². The van der Waals surface area contributed by atoms with Crippen LogP contribution < -0.4 is 0 Å². The zero-order valence-electron chi connectivity index (χ0n) is 15.6. The van der Waals surface area contributed by atoms with Crippen molar-refractivity contribution in [2.45, 2.75) is 19.8 Å². The Balaban J connectivity index is 2.09. The van der Waals surface area contributed by atoms with Gasteiger partial charge in [0.2, 0.25) is 0 Å². The summed E-state index contributed by atoms with van der Waals surface area (Å²) in [5, 5.41) is 0. The van der Waals surface area contributed by atoms with Crippen LogP contribution in [0.1, 0.15) is 30.0 Å². The lowest BCUT2D eigenvalue weighted by Crippen LogP contribution is -2.12. The second kappa shape index (κ2) is 9.54. The molecular formula is C25H24O2. The summed E-state index contributed by atoms with van der Waals surface area (Å²) in [5.74, 6) is -0.240. The number of aryl methyl sites for hydroxylation is 1. The topological polar surface area (TPSA) is 26.3 Å². The summed E-state index contributed by atoms with van der Waals surface area (Å²) in [6, 6.07) is 30.4. The van der Waals surface area contributed by atoms with Gasteiger partial charge in [0.15, 0.2) is 0 Å². The second-order valence-corrected chi connectivity index (χ2v) is 6.29. The SMILES string of the molecule is CCOC(=O)C(CCc1ccccc1)=C(c1ccccc1)c1ccccc1. The van der Waals surface area contributed by atoms with Gasteiger partial charge >= 0.3 is 5.97 Å². The Kier molecular flexibility index (Phi) is 6.59. The van der Waals surface area contributed by atoms with Crippen LogP contribution in [0, 0.1) is 0 Å². The average Bonchev–Trinajstić information content (AvgIpc) is 2.73. The molecule has 0 fully saturated rings. The predicted octanol–water partition coefficient (Wildman–Crippen LogP) is 5.68. The summed E-state index contributed by atoms with van der Waals surface area (Å²) < 4.78 is 5.42. The number of ether oxygens (including phenoxy) is 1. The van der Waals surface area contributed by atoms with E-state index in [1.807, 2.05) is 85.8 Å². The molecule has 3 aromatic carbocycles. The molecule has 0 saturated carbocycles. The van der Waals surface area contributed by atoms with Gasteiger partial charge in [-0.15, -0.1) is 0 Å². The molecule has 0 atom stereocenters. The molecule has 0 amide bonds. The molecule has 3 rings (SSSR count). The van der Waals surface area contributed by atoms with Crippen molar-refractivity contribution < 1.29 is 9.53 Å². The van der Waals surface area contributed by atoms with Gasteiger partial charge in [0.1, 0.15) is 0 Å². The number of benzene rings is 3. The summed E-state index contributed by atoms with van der Waals surface area (Å²) in [6.45, 7) is 2.21. The van der Waals surface area contributed by atoms with Crippen LogP contribution in [0.3, 0.4) is 0 Å². The van der Waals surface area contributed by atoms with Crippen molar-refractivity contribution in [3.63, 3.8) is 0 Å². The lowest BCUT2D eigenvalue weighted by Gasteiger charge is -2.16. The van der Waals surface area contributed by atoms with E-state index in [9.17, 15) is 4.79 Å². The van der Waals surface area contributed by atoms with Gasteiger partial charge in [-0.05, 0) is 42.0 Å². The third kappa shape index (κ3) is 4.95. The van der Waals surface area contributed by atoms with Crippen molar-refractivity contribution in [3.05, 3.63) is 113 Å². The van der Waals surface area contributed by atoms with Crippen molar-refractivity contribution >= 4 is 11.5 Å². The Morgan fingerprint density at radius 2 is 1.22 bits per heavy atom. The monoisotopic (exact) mass is 356 g/mol.